The molecule has 3 nitrogen and oxygen atoms in total. The van der Waals surface area contributed by atoms with E-state index >= 15 is 0 Å². The molecule has 1 aromatic rings. The molecule has 1 saturated carbocycles. The van der Waals surface area contributed by atoms with Crippen LogP contribution in [-0.2, 0) is 4.79 Å². The predicted octanol–water partition coefficient (Wildman–Crippen LogP) is 3.50. The van der Waals surface area contributed by atoms with Crippen LogP contribution in [0.2, 0.25) is 0 Å². The number of nitrogens with one attached hydrogen (secondary N) is 1. The van der Waals surface area contributed by atoms with Crippen molar-refractivity contribution in [2.24, 2.45) is 5.92 Å². The van der Waals surface area contributed by atoms with Crippen molar-refractivity contribution in [2.75, 3.05) is 5.32 Å². The summed E-state index contributed by atoms with van der Waals surface area (Å²) >= 11 is 3.38. The number of carboxylic acid groups (broad SMARTS) is 1. The van der Waals surface area contributed by atoms with Gasteiger partial charge in [0, 0.05) is 10.2 Å². The van der Waals surface area contributed by atoms with E-state index < -0.39 is 11.5 Å². The van der Waals surface area contributed by atoms with Gasteiger partial charge >= 0.3 is 5.97 Å². The second-order valence-corrected chi connectivity index (χ2v) is 5.84. The zero-order valence-electron chi connectivity index (χ0n) is 9.74. The SMILES string of the molecule is CC(CC1CC1)(Nc1cccc(Br)c1)C(=O)O. The molecule has 4 heteroatoms. The highest BCUT2D eigenvalue weighted by atomic mass is 79.9. The molecule has 0 bridgehead atoms. The number of hydrogen-bond acceptors (Lipinski definition) is 2. The average molecular weight is 298 g/mol. The molecule has 0 amide bonds. The Morgan fingerprint density at radius 1 is 1.59 bits per heavy atom. The molecule has 1 unspecified atom stereocenters. The second kappa shape index (κ2) is 4.69. The van der Waals surface area contributed by atoms with Crippen molar-refractivity contribution in [1.29, 1.82) is 0 Å². The summed E-state index contributed by atoms with van der Waals surface area (Å²) in [6.07, 6.45) is 3.00. The van der Waals surface area contributed by atoms with Crippen LogP contribution in [0.5, 0.6) is 0 Å². The van der Waals surface area contributed by atoms with Crippen LogP contribution < -0.4 is 5.32 Å². The van der Waals surface area contributed by atoms with E-state index in [1.54, 1.807) is 6.92 Å². The number of halogens is 1. The molecule has 1 aliphatic carbocycles. The van der Waals surface area contributed by atoms with Gasteiger partial charge in [0.15, 0.2) is 0 Å². The standard InChI is InChI=1S/C13H16BrNO2/c1-13(12(16)17,8-9-5-6-9)15-11-4-2-3-10(14)7-11/h2-4,7,9,15H,5-6,8H2,1H3,(H,16,17). The maximum absolute atomic E-state index is 11.4. The van der Waals surface area contributed by atoms with Gasteiger partial charge in [0.25, 0.3) is 0 Å². The molecule has 0 saturated heterocycles. The minimum absolute atomic E-state index is 0.566. The summed E-state index contributed by atoms with van der Waals surface area (Å²) in [6.45, 7) is 1.76. The molecule has 1 fully saturated rings. The third kappa shape index (κ3) is 3.22. The van der Waals surface area contributed by atoms with E-state index in [1.165, 1.54) is 0 Å². The fourth-order valence-electron chi connectivity index (χ4n) is 1.98. The van der Waals surface area contributed by atoms with Crippen molar-refractivity contribution in [3.63, 3.8) is 0 Å². The van der Waals surface area contributed by atoms with Crippen molar-refractivity contribution in [1.82, 2.24) is 0 Å². The Morgan fingerprint density at radius 2 is 2.29 bits per heavy atom. The van der Waals surface area contributed by atoms with Gasteiger partial charge in [-0.1, -0.05) is 34.8 Å². The van der Waals surface area contributed by atoms with Crippen LogP contribution in [0, 0.1) is 5.92 Å². The van der Waals surface area contributed by atoms with Crippen LogP contribution in [0.25, 0.3) is 0 Å². The summed E-state index contributed by atoms with van der Waals surface area (Å²) in [7, 11) is 0. The molecule has 0 radical (unpaired) electrons. The predicted molar refractivity (Wildman–Crippen MR) is 71.1 cm³/mol. The lowest BCUT2D eigenvalue weighted by atomic mass is 9.94. The largest absolute Gasteiger partial charge is 0.480 e. The summed E-state index contributed by atoms with van der Waals surface area (Å²) < 4.78 is 0.946. The molecule has 0 aliphatic heterocycles. The van der Waals surface area contributed by atoms with Gasteiger partial charge in [0.1, 0.15) is 5.54 Å². The Hall–Kier alpha value is -1.03. The van der Waals surface area contributed by atoms with E-state index in [1.807, 2.05) is 24.3 Å². The molecule has 0 heterocycles. The van der Waals surface area contributed by atoms with Gasteiger partial charge in [0.2, 0.25) is 0 Å². The third-order valence-corrected chi connectivity index (χ3v) is 3.60. The molecule has 1 aromatic carbocycles. The third-order valence-electron chi connectivity index (χ3n) is 3.11. The smallest absolute Gasteiger partial charge is 0.329 e. The van der Waals surface area contributed by atoms with E-state index in [2.05, 4.69) is 21.2 Å². The number of anilines is 1. The van der Waals surface area contributed by atoms with Gasteiger partial charge in [-0.2, -0.15) is 0 Å². The maximum Gasteiger partial charge on any atom is 0.329 e. The number of benzene rings is 1. The quantitative estimate of drug-likeness (QED) is 0.874. The maximum atomic E-state index is 11.4. The van der Waals surface area contributed by atoms with Crippen LogP contribution in [-0.4, -0.2) is 16.6 Å². The van der Waals surface area contributed by atoms with E-state index in [0.717, 1.165) is 23.0 Å². The molecular weight excluding hydrogens is 282 g/mol. The summed E-state index contributed by atoms with van der Waals surface area (Å²) in [6, 6.07) is 7.60. The summed E-state index contributed by atoms with van der Waals surface area (Å²) in [5, 5.41) is 12.5. The number of carboxylic acids is 1. The van der Waals surface area contributed by atoms with Gasteiger partial charge in [-0.3, -0.25) is 0 Å². The van der Waals surface area contributed by atoms with Crippen LogP contribution in [0.3, 0.4) is 0 Å². The lowest BCUT2D eigenvalue weighted by Gasteiger charge is -2.27. The topological polar surface area (TPSA) is 49.3 Å². The highest BCUT2D eigenvalue weighted by molar-refractivity contribution is 9.10. The van der Waals surface area contributed by atoms with Crippen LogP contribution in [0.15, 0.2) is 28.7 Å². The van der Waals surface area contributed by atoms with E-state index in [0.29, 0.717) is 12.3 Å². The molecule has 0 spiro atoms. The molecule has 1 aliphatic rings. The van der Waals surface area contributed by atoms with Gasteiger partial charge in [0.05, 0.1) is 0 Å². The summed E-state index contributed by atoms with van der Waals surface area (Å²) in [4.78, 5) is 11.4. The van der Waals surface area contributed by atoms with Crippen molar-refractivity contribution in [3.05, 3.63) is 28.7 Å². The molecule has 0 aromatic heterocycles. The van der Waals surface area contributed by atoms with Crippen LogP contribution in [0.1, 0.15) is 26.2 Å². The fourth-order valence-corrected chi connectivity index (χ4v) is 2.38. The first-order valence-electron chi connectivity index (χ1n) is 5.77. The normalized spacial score (nSPS) is 18.5. The Bertz CT molecular complexity index is 431. The summed E-state index contributed by atoms with van der Waals surface area (Å²) in [5.74, 6) is -0.222. The molecule has 1 atom stereocenters. The molecule has 17 heavy (non-hydrogen) atoms. The number of carbonyl (C=O) groups is 1. The summed E-state index contributed by atoms with van der Waals surface area (Å²) in [5.41, 5.74) is -0.0352. The molecule has 2 N–H and O–H groups in total. The van der Waals surface area contributed by atoms with Crippen LogP contribution >= 0.6 is 15.9 Å². The van der Waals surface area contributed by atoms with Gasteiger partial charge in [-0.15, -0.1) is 0 Å². The Kier molecular flexibility index (Phi) is 3.43. The van der Waals surface area contributed by atoms with E-state index in [-0.39, 0.29) is 0 Å². The van der Waals surface area contributed by atoms with Crippen molar-refractivity contribution in [2.45, 2.75) is 31.7 Å². The van der Waals surface area contributed by atoms with Gasteiger partial charge in [-0.05, 0) is 37.5 Å². The van der Waals surface area contributed by atoms with E-state index in [9.17, 15) is 9.90 Å². The lowest BCUT2D eigenvalue weighted by molar-refractivity contribution is -0.142. The Labute approximate surface area is 109 Å². The number of aliphatic carboxylic acids is 1. The monoisotopic (exact) mass is 297 g/mol. The van der Waals surface area contributed by atoms with Crippen molar-refractivity contribution < 1.29 is 9.90 Å². The Morgan fingerprint density at radius 3 is 2.82 bits per heavy atom. The first kappa shape index (κ1) is 12.4. The Balaban J connectivity index is 2.13. The highest BCUT2D eigenvalue weighted by Crippen LogP contribution is 2.38. The zero-order valence-corrected chi connectivity index (χ0v) is 11.3. The molecule has 92 valence electrons. The minimum Gasteiger partial charge on any atom is -0.480 e. The van der Waals surface area contributed by atoms with Crippen LogP contribution in [0.4, 0.5) is 5.69 Å². The van der Waals surface area contributed by atoms with Crippen molar-refractivity contribution in [3.8, 4) is 0 Å². The number of hydrogen-bond donors (Lipinski definition) is 2. The van der Waals surface area contributed by atoms with Gasteiger partial charge < -0.3 is 10.4 Å². The van der Waals surface area contributed by atoms with Gasteiger partial charge in [-0.25, -0.2) is 4.79 Å². The first-order valence-corrected chi connectivity index (χ1v) is 6.56. The first-order chi connectivity index (χ1) is 7.99. The van der Waals surface area contributed by atoms with E-state index in [4.69, 9.17) is 0 Å². The molecule has 2 rings (SSSR count). The zero-order chi connectivity index (χ0) is 12.5. The second-order valence-electron chi connectivity index (χ2n) is 4.92. The van der Waals surface area contributed by atoms with Crippen molar-refractivity contribution >= 4 is 27.6 Å². The fraction of sp³-hybridized carbons (Fsp3) is 0.462. The molecular formula is C13H16BrNO2. The minimum atomic E-state index is -0.873. The average Bonchev–Trinajstić information content (AvgIpc) is 3.01. The highest BCUT2D eigenvalue weighted by Gasteiger charge is 2.39. The number of rotatable bonds is 5. The lowest BCUT2D eigenvalue weighted by Crippen LogP contribution is -2.43.